The molecular weight excluding hydrogens is 312 g/mol. The van der Waals surface area contributed by atoms with Crippen molar-refractivity contribution in [1.82, 2.24) is 0 Å². The predicted octanol–water partition coefficient (Wildman–Crippen LogP) is 5.52. The van der Waals surface area contributed by atoms with Crippen LogP contribution in [-0.2, 0) is 4.79 Å². The van der Waals surface area contributed by atoms with Crippen LogP contribution in [0.1, 0.15) is 51.9 Å². The van der Waals surface area contributed by atoms with Gasteiger partial charge in [0.05, 0.1) is 6.10 Å². The third-order valence-corrected chi connectivity index (χ3v) is 3.28. The van der Waals surface area contributed by atoms with Gasteiger partial charge < -0.3 is 10.2 Å². The predicted molar refractivity (Wildman–Crippen MR) is 106 cm³/mol. The molecule has 3 nitrogen and oxygen atoms in total. The highest BCUT2D eigenvalue weighted by molar-refractivity contribution is 5.66. The van der Waals surface area contributed by atoms with Crippen molar-refractivity contribution in [2.24, 2.45) is 0 Å². The van der Waals surface area contributed by atoms with Crippen molar-refractivity contribution in [3.63, 3.8) is 0 Å². The maximum atomic E-state index is 10.3. The van der Waals surface area contributed by atoms with Crippen molar-refractivity contribution in [3.8, 4) is 0 Å². The average Bonchev–Trinajstić information content (AvgIpc) is 2.60. The molecule has 0 rings (SSSR count). The van der Waals surface area contributed by atoms with E-state index in [1.54, 1.807) is 6.08 Å². The summed E-state index contributed by atoms with van der Waals surface area (Å²) in [7, 11) is 0. The lowest BCUT2D eigenvalue weighted by Crippen LogP contribution is -1.97. The smallest absolute Gasteiger partial charge is 0.303 e. The monoisotopic (exact) mass is 344 g/mol. The number of hydrogen-bond acceptors (Lipinski definition) is 2. The third kappa shape index (κ3) is 19.8. The molecule has 0 saturated carbocycles. The van der Waals surface area contributed by atoms with Gasteiger partial charge in [-0.3, -0.25) is 4.79 Å². The quantitative estimate of drug-likeness (QED) is 0.322. The average molecular weight is 344 g/mol. The van der Waals surface area contributed by atoms with Crippen LogP contribution < -0.4 is 0 Å². The summed E-state index contributed by atoms with van der Waals surface area (Å²) >= 11 is 0. The summed E-state index contributed by atoms with van der Waals surface area (Å²) in [4.78, 5) is 10.3. The molecule has 0 aromatic heterocycles. The van der Waals surface area contributed by atoms with E-state index in [9.17, 15) is 9.90 Å². The summed E-state index contributed by atoms with van der Waals surface area (Å²) in [6, 6.07) is 0. The van der Waals surface area contributed by atoms with E-state index >= 15 is 0 Å². The van der Waals surface area contributed by atoms with E-state index in [-0.39, 0.29) is 12.5 Å². The van der Waals surface area contributed by atoms with Crippen LogP contribution in [-0.4, -0.2) is 22.3 Å². The summed E-state index contributed by atoms with van der Waals surface area (Å²) in [6.07, 6.45) is 29.2. The second kappa shape index (κ2) is 18.2. The normalized spacial score (nSPS) is 14.3. The Morgan fingerprint density at radius 2 is 1.28 bits per heavy atom. The first-order chi connectivity index (χ1) is 12.2. The fraction of sp³-hybridized carbons (Fsp3) is 0.409. The number of carboxylic acids is 1. The number of rotatable bonds is 14. The summed E-state index contributed by atoms with van der Waals surface area (Å²) in [5.41, 5.74) is 0. The number of hydrogen-bond donors (Lipinski definition) is 2. The van der Waals surface area contributed by atoms with Gasteiger partial charge in [-0.25, -0.2) is 0 Å². The SMILES string of the molecule is CCC(O)/C=C/C=C/C/C=C\C/C=C\C/C=C\C/C=C\CCC(=O)O. The van der Waals surface area contributed by atoms with Crippen LogP contribution in [0.25, 0.3) is 0 Å². The minimum Gasteiger partial charge on any atom is -0.481 e. The third-order valence-electron chi connectivity index (χ3n) is 3.28. The first-order valence-electron chi connectivity index (χ1n) is 9.00. The summed E-state index contributed by atoms with van der Waals surface area (Å²) in [5.74, 6) is -0.751. The largest absolute Gasteiger partial charge is 0.481 e. The molecule has 2 N–H and O–H groups in total. The number of aliphatic hydroxyl groups excluding tert-OH is 1. The highest BCUT2D eigenvalue weighted by atomic mass is 16.4. The molecule has 0 saturated heterocycles. The highest BCUT2D eigenvalue weighted by Gasteiger charge is 1.90. The molecule has 25 heavy (non-hydrogen) atoms. The summed E-state index contributed by atoms with van der Waals surface area (Å²) in [6.45, 7) is 1.95. The lowest BCUT2D eigenvalue weighted by molar-refractivity contribution is -0.136. The van der Waals surface area contributed by atoms with Gasteiger partial charge in [0.2, 0.25) is 0 Å². The zero-order valence-electron chi connectivity index (χ0n) is 15.3. The number of aliphatic hydroxyl groups is 1. The summed E-state index contributed by atoms with van der Waals surface area (Å²) < 4.78 is 0. The van der Waals surface area contributed by atoms with Gasteiger partial charge >= 0.3 is 5.97 Å². The molecule has 0 fully saturated rings. The Morgan fingerprint density at radius 1 is 0.800 bits per heavy atom. The van der Waals surface area contributed by atoms with Crippen molar-refractivity contribution in [2.75, 3.05) is 0 Å². The fourth-order valence-electron chi connectivity index (χ4n) is 1.80. The van der Waals surface area contributed by atoms with Crippen LogP contribution in [0.3, 0.4) is 0 Å². The van der Waals surface area contributed by atoms with Crippen molar-refractivity contribution in [1.29, 1.82) is 0 Å². The molecule has 0 aliphatic carbocycles. The lowest BCUT2D eigenvalue weighted by Gasteiger charge is -1.95. The van der Waals surface area contributed by atoms with E-state index in [4.69, 9.17) is 5.11 Å². The van der Waals surface area contributed by atoms with Gasteiger partial charge in [0.1, 0.15) is 0 Å². The van der Waals surface area contributed by atoms with Crippen LogP contribution >= 0.6 is 0 Å². The Morgan fingerprint density at radius 3 is 1.76 bits per heavy atom. The van der Waals surface area contributed by atoms with Crippen molar-refractivity contribution < 1.29 is 15.0 Å². The lowest BCUT2D eigenvalue weighted by atomic mass is 10.2. The van der Waals surface area contributed by atoms with Crippen LogP contribution in [0.5, 0.6) is 0 Å². The van der Waals surface area contributed by atoms with Gasteiger partial charge in [0, 0.05) is 6.42 Å². The van der Waals surface area contributed by atoms with Crippen molar-refractivity contribution >= 4 is 5.97 Å². The molecule has 0 bridgehead atoms. The van der Waals surface area contributed by atoms with E-state index in [0.29, 0.717) is 6.42 Å². The van der Waals surface area contributed by atoms with Gasteiger partial charge in [0.25, 0.3) is 0 Å². The first kappa shape index (κ1) is 22.9. The second-order valence-electron chi connectivity index (χ2n) is 5.55. The molecule has 0 aliphatic heterocycles. The fourth-order valence-corrected chi connectivity index (χ4v) is 1.80. The Labute approximate surface area is 152 Å². The Kier molecular flexibility index (Phi) is 16.7. The topological polar surface area (TPSA) is 57.5 Å². The van der Waals surface area contributed by atoms with E-state index in [1.807, 2.05) is 31.2 Å². The van der Waals surface area contributed by atoms with Gasteiger partial charge in [-0.2, -0.15) is 0 Å². The van der Waals surface area contributed by atoms with Gasteiger partial charge in [-0.05, 0) is 38.5 Å². The van der Waals surface area contributed by atoms with Crippen LogP contribution in [0.2, 0.25) is 0 Å². The van der Waals surface area contributed by atoms with E-state index in [0.717, 1.165) is 32.1 Å². The molecule has 1 atom stereocenters. The molecule has 0 spiro atoms. The van der Waals surface area contributed by atoms with E-state index in [2.05, 4.69) is 42.5 Å². The molecule has 0 heterocycles. The molecule has 0 aromatic carbocycles. The second-order valence-corrected chi connectivity index (χ2v) is 5.55. The number of carboxylic acid groups (broad SMARTS) is 1. The molecule has 0 amide bonds. The molecule has 138 valence electrons. The Bertz CT molecular complexity index is 493. The van der Waals surface area contributed by atoms with Crippen molar-refractivity contribution in [2.45, 2.75) is 58.0 Å². The van der Waals surface area contributed by atoms with Crippen LogP contribution in [0.15, 0.2) is 72.9 Å². The zero-order chi connectivity index (χ0) is 18.6. The van der Waals surface area contributed by atoms with Crippen LogP contribution in [0, 0.1) is 0 Å². The molecule has 1 unspecified atom stereocenters. The maximum Gasteiger partial charge on any atom is 0.303 e. The minimum absolute atomic E-state index is 0.199. The molecule has 0 aliphatic rings. The van der Waals surface area contributed by atoms with Gasteiger partial charge in [-0.1, -0.05) is 79.8 Å². The molecule has 0 aromatic rings. The molecule has 0 radical (unpaired) electrons. The summed E-state index contributed by atoms with van der Waals surface area (Å²) in [5, 5.41) is 17.8. The van der Waals surface area contributed by atoms with Crippen LogP contribution in [0.4, 0.5) is 0 Å². The Hall–Kier alpha value is -2.13. The Balaban J connectivity index is 3.59. The number of allylic oxidation sites excluding steroid dienone is 11. The molecule has 3 heteroatoms. The standard InChI is InChI=1S/C22H32O3/c1-2-21(23)19-17-15-13-11-9-7-5-3-4-6-8-10-12-14-16-18-20-22(24)25/h3-4,7-10,13-17,19,21,23H,2,5-6,11-12,18,20H2,1H3,(H,24,25)/b4-3-,9-7-,10-8-,15-13+,16-14-,19-17+. The van der Waals surface area contributed by atoms with E-state index in [1.165, 1.54) is 0 Å². The van der Waals surface area contributed by atoms with Crippen molar-refractivity contribution in [3.05, 3.63) is 72.9 Å². The first-order valence-corrected chi connectivity index (χ1v) is 9.00. The highest BCUT2D eigenvalue weighted by Crippen LogP contribution is 1.97. The van der Waals surface area contributed by atoms with E-state index < -0.39 is 5.97 Å². The molecular formula is C22H32O3. The maximum absolute atomic E-state index is 10.3. The number of carbonyl (C=O) groups is 1. The number of aliphatic carboxylic acids is 1. The zero-order valence-corrected chi connectivity index (χ0v) is 15.3. The van der Waals surface area contributed by atoms with Gasteiger partial charge in [-0.15, -0.1) is 0 Å². The minimum atomic E-state index is -0.751. The van der Waals surface area contributed by atoms with Gasteiger partial charge in [0.15, 0.2) is 0 Å².